The van der Waals surface area contributed by atoms with E-state index in [9.17, 15) is 4.79 Å². The van der Waals surface area contributed by atoms with Crippen LogP contribution >= 0.6 is 0 Å². The summed E-state index contributed by atoms with van der Waals surface area (Å²) in [6.07, 6.45) is 0. The molecule has 4 N–H and O–H groups in total. The van der Waals surface area contributed by atoms with Crippen molar-refractivity contribution >= 4 is 22.6 Å². The molecule has 14 heavy (non-hydrogen) atoms. The molecule has 0 aliphatic rings. The highest BCUT2D eigenvalue weighted by molar-refractivity contribution is 5.98. The van der Waals surface area contributed by atoms with E-state index in [0.717, 1.165) is 16.5 Å². The number of carbonyl (C=O) groups is 1. The summed E-state index contributed by atoms with van der Waals surface area (Å²) in [6, 6.07) is 5.29. The SMILES string of the molecule is Cc1c(C(=O)O)[nH]c2ccc(N)cc12. The van der Waals surface area contributed by atoms with Crippen molar-refractivity contribution in [1.29, 1.82) is 0 Å². The van der Waals surface area contributed by atoms with E-state index in [2.05, 4.69) is 4.98 Å². The zero-order valence-corrected chi connectivity index (χ0v) is 7.66. The number of aryl methyl sites for hydroxylation is 1. The van der Waals surface area contributed by atoms with Crippen LogP contribution in [0.25, 0.3) is 10.9 Å². The van der Waals surface area contributed by atoms with Crippen molar-refractivity contribution in [3.8, 4) is 0 Å². The van der Waals surface area contributed by atoms with Gasteiger partial charge in [-0.25, -0.2) is 4.79 Å². The molecular formula is C10H10N2O2. The summed E-state index contributed by atoms with van der Waals surface area (Å²) in [5, 5.41) is 9.74. The van der Waals surface area contributed by atoms with Gasteiger partial charge in [0, 0.05) is 16.6 Å². The molecule has 0 atom stereocenters. The molecule has 2 rings (SSSR count). The molecule has 1 aromatic carbocycles. The number of hydrogen-bond acceptors (Lipinski definition) is 2. The summed E-state index contributed by atoms with van der Waals surface area (Å²) < 4.78 is 0. The Balaban J connectivity index is 2.80. The third kappa shape index (κ3) is 1.12. The minimum atomic E-state index is -0.947. The van der Waals surface area contributed by atoms with Crippen LogP contribution in [0, 0.1) is 6.92 Å². The van der Waals surface area contributed by atoms with Crippen LogP contribution in [0.3, 0.4) is 0 Å². The van der Waals surface area contributed by atoms with Gasteiger partial charge in [-0.3, -0.25) is 0 Å². The summed E-state index contributed by atoms with van der Waals surface area (Å²) >= 11 is 0. The smallest absolute Gasteiger partial charge is 0.352 e. The number of anilines is 1. The molecule has 1 aromatic heterocycles. The lowest BCUT2D eigenvalue weighted by molar-refractivity contribution is 0.0691. The van der Waals surface area contributed by atoms with Gasteiger partial charge in [-0.1, -0.05) is 0 Å². The summed E-state index contributed by atoms with van der Waals surface area (Å²) in [7, 11) is 0. The van der Waals surface area contributed by atoms with Crippen molar-refractivity contribution < 1.29 is 9.90 Å². The number of nitrogen functional groups attached to an aromatic ring is 1. The average molecular weight is 190 g/mol. The molecule has 72 valence electrons. The molecule has 4 heteroatoms. The number of hydrogen-bond donors (Lipinski definition) is 3. The van der Waals surface area contributed by atoms with Gasteiger partial charge in [0.15, 0.2) is 0 Å². The molecule has 0 aliphatic heterocycles. The molecule has 2 aromatic rings. The maximum Gasteiger partial charge on any atom is 0.352 e. The Morgan fingerprint density at radius 2 is 2.21 bits per heavy atom. The Morgan fingerprint density at radius 3 is 2.86 bits per heavy atom. The molecule has 4 nitrogen and oxygen atoms in total. The van der Waals surface area contributed by atoms with E-state index in [1.165, 1.54) is 0 Å². The number of aromatic nitrogens is 1. The number of nitrogens with one attached hydrogen (secondary N) is 1. The number of fused-ring (bicyclic) bond motifs is 1. The van der Waals surface area contributed by atoms with E-state index in [-0.39, 0.29) is 5.69 Å². The third-order valence-corrected chi connectivity index (χ3v) is 2.30. The molecular weight excluding hydrogens is 180 g/mol. The predicted octanol–water partition coefficient (Wildman–Crippen LogP) is 1.76. The fourth-order valence-corrected chi connectivity index (χ4v) is 1.56. The van der Waals surface area contributed by atoms with Crippen LogP contribution in [0.4, 0.5) is 5.69 Å². The standard InChI is InChI=1S/C10H10N2O2/c1-5-7-4-6(11)2-3-8(7)12-9(5)10(13)14/h2-4,12H,11H2,1H3,(H,13,14). The Bertz CT molecular complexity index is 514. The number of aromatic carboxylic acids is 1. The van der Waals surface area contributed by atoms with Gasteiger partial charge < -0.3 is 15.8 Å². The summed E-state index contributed by atoms with van der Waals surface area (Å²) in [5.41, 5.74) is 8.00. The third-order valence-electron chi connectivity index (χ3n) is 2.30. The number of nitrogens with two attached hydrogens (primary N) is 1. The lowest BCUT2D eigenvalue weighted by Crippen LogP contribution is -1.97. The van der Waals surface area contributed by atoms with Crippen molar-refractivity contribution in [2.45, 2.75) is 6.92 Å². The van der Waals surface area contributed by atoms with Crippen LogP contribution in [0.15, 0.2) is 18.2 Å². The van der Waals surface area contributed by atoms with Crippen LogP contribution in [0.1, 0.15) is 16.1 Å². The van der Waals surface area contributed by atoms with Crippen molar-refractivity contribution in [1.82, 2.24) is 4.98 Å². The molecule has 0 saturated heterocycles. The van der Waals surface area contributed by atoms with E-state index >= 15 is 0 Å². The lowest BCUT2D eigenvalue weighted by atomic mass is 10.1. The largest absolute Gasteiger partial charge is 0.477 e. The summed E-state index contributed by atoms with van der Waals surface area (Å²) in [5.74, 6) is -0.947. The van der Waals surface area contributed by atoms with E-state index in [1.54, 1.807) is 25.1 Å². The second-order valence-corrected chi connectivity index (χ2v) is 3.24. The molecule has 0 aliphatic carbocycles. The van der Waals surface area contributed by atoms with Crippen LogP contribution in [0.5, 0.6) is 0 Å². The number of benzene rings is 1. The molecule has 0 amide bonds. The van der Waals surface area contributed by atoms with Crippen LogP contribution < -0.4 is 5.73 Å². The molecule has 0 fully saturated rings. The van der Waals surface area contributed by atoms with Crippen molar-refractivity contribution in [2.75, 3.05) is 5.73 Å². The Hall–Kier alpha value is -1.97. The van der Waals surface area contributed by atoms with Gasteiger partial charge in [-0.2, -0.15) is 0 Å². The number of carboxylic acids is 1. The van der Waals surface area contributed by atoms with Gasteiger partial charge in [0.05, 0.1) is 0 Å². The molecule has 0 saturated carbocycles. The van der Waals surface area contributed by atoms with Crippen molar-refractivity contribution in [2.24, 2.45) is 0 Å². The van der Waals surface area contributed by atoms with E-state index < -0.39 is 5.97 Å². The first kappa shape index (κ1) is 8.62. The van der Waals surface area contributed by atoms with Gasteiger partial charge in [-0.05, 0) is 30.7 Å². The zero-order valence-electron chi connectivity index (χ0n) is 7.66. The Morgan fingerprint density at radius 1 is 1.50 bits per heavy atom. The number of aromatic amines is 1. The second kappa shape index (κ2) is 2.77. The summed E-state index contributed by atoms with van der Waals surface area (Å²) in [6.45, 7) is 1.77. The quantitative estimate of drug-likeness (QED) is 0.599. The number of carboxylic acid groups (broad SMARTS) is 1. The van der Waals surface area contributed by atoms with Crippen molar-refractivity contribution in [3.63, 3.8) is 0 Å². The fraction of sp³-hybridized carbons (Fsp3) is 0.100. The Labute approximate surface area is 80.3 Å². The zero-order chi connectivity index (χ0) is 10.3. The minimum Gasteiger partial charge on any atom is -0.477 e. The van der Waals surface area contributed by atoms with Gasteiger partial charge in [0.1, 0.15) is 5.69 Å². The first-order valence-corrected chi connectivity index (χ1v) is 4.20. The highest BCUT2D eigenvalue weighted by Gasteiger charge is 2.12. The first-order valence-electron chi connectivity index (χ1n) is 4.20. The van der Waals surface area contributed by atoms with Gasteiger partial charge >= 0.3 is 5.97 Å². The van der Waals surface area contributed by atoms with E-state index in [0.29, 0.717) is 5.69 Å². The van der Waals surface area contributed by atoms with Crippen LogP contribution in [0.2, 0.25) is 0 Å². The van der Waals surface area contributed by atoms with Gasteiger partial charge in [0.2, 0.25) is 0 Å². The second-order valence-electron chi connectivity index (χ2n) is 3.24. The van der Waals surface area contributed by atoms with E-state index in [4.69, 9.17) is 10.8 Å². The number of rotatable bonds is 1. The van der Waals surface area contributed by atoms with Crippen molar-refractivity contribution in [3.05, 3.63) is 29.5 Å². The molecule has 0 bridgehead atoms. The monoisotopic (exact) mass is 190 g/mol. The topological polar surface area (TPSA) is 79.1 Å². The Kier molecular flexibility index (Phi) is 1.70. The normalized spacial score (nSPS) is 10.6. The molecule has 1 heterocycles. The number of H-pyrrole nitrogens is 1. The highest BCUT2D eigenvalue weighted by atomic mass is 16.4. The predicted molar refractivity (Wildman–Crippen MR) is 54.4 cm³/mol. The maximum atomic E-state index is 10.8. The van der Waals surface area contributed by atoms with Gasteiger partial charge in [0.25, 0.3) is 0 Å². The highest BCUT2D eigenvalue weighted by Crippen LogP contribution is 2.23. The lowest BCUT2D eigenvalue weighted by Gasteiger charge is -1.93. The van der Waals surface area contributed by atoms with E-state index in [1.807, 2.05) is 0 Å². The van der Waals surface area contributed by atoms with Gasteiger partial charge in [-0.15, -0.1) is 0 Å². The molecule has 0 unspecified atom stereocenters. The average Bonchev–Trinajstić information content (AvgIpc) is 2.44. The maximum absolute atomic E-state index is 10.8. The molecule has 0 spiro atoms. The fourth-order valence-electron chi connectivity index (χ4n) is 1.56. The summed E-state index contributed by atoms with van der Waals surface area (Å²) in [4.78, 5) is 13.6. The van der Waals surface area contributed by atoms with Crippen LogP contribution in [-0.2, 0) is 0 Å². The first-order chi connectivity index (χ1) is 6.59. The van der Waals surface area contributed by atoms with Crippen LogP contribution in [-0.4, -0.2) is 16.1 Å². The minimum absolute atomic E-state index is 0.227. The molecule has 0 radical (unpaired) electrons.